The van der Waals surface area contributed by atoms with Crippen molar-refractivity contribution in [2.45, 2.75) is 25.9 Å². The zero-order valence-corrected chi connectivity index (χ0v) is 16.5. The average Bonchev–Trinajstić information content (AvgIpc) is 2.56. The maximum Gasteiger partial charge on any atom is 0.333 e. The first-order valence-electron chi connectivity index (χ1n) is 8.24. The Kier molecular flexibility index (Phi) is 5.43. The maximum atomic E-state index is 13.6. The van der Waals surface area contributed by atoms with Crippen molar-refractivity contribution < 1.29 is 9.50 Å². The molecule has 2 heterocycles. The Morgan fingerprint density at radius 2 is 1.93 bits per heavy atom. The molecule has 0 unspecified atom stereocenters. The van der Waals surface area contributed by atoms with Crippen LogP contribution in [0.5, 0.6) is 0 Å². The van der Waals surface area contributed by atoms with E-state index >= 15 is 0 Å². The van der Waals surface area contributed by atoms with Crippen LogP contribution in [0.1, 0.15) is 19.5 Å². The molecule has 0 amide bonds. The predicted octanol–water partition coefficient (Wildman–Crippen LogP) is 3.35. The SMILES string of the molecule is CC(C)(O)Cc1[nH]c(=O)n(-c2cncc(Cl)c2)c(=O)c1-c1ccc(F)c(Cl)c1. The van der Waals surface area contributed by atoms with E-state index in [1.165, 1.54) is 30.6 Å². The zero-order valence-electron chi connectivity index (χ0n) is 15.0. The van der Waals surface area contributed by atoms with Gasteiger partial charge in [0.1, 0.15) is 5.82 Å². The van der Waals surface area contributed by atoms with Crippen molar-refractivity contribution in [3.63, 3.8) is 0 Å². The van der Waals surface area contributed by atoms with Crippen LogP contribution in [0.2, 0.25) is 10.0 Å². The first-order valence-corrected chi connectivity index (χ1v) is 8.99. The lowest BCUT2D eigenvalue weighted by molar-refractivity contribution is 0.0799. The van der Waals surface area contributed by atoms with Gasteiger partial charge < -0.3 is 10.1 Å². The second-order valence-electron chi connectivity index (χ2n) is 6.90. The summed E-state index contributed by atoms with van der Waals surface area (Å²) in [5, 5.41) is 10.3. The molecule has 0 spiro atoms. The van der Waals surface area contributed by atoms with Crippen LogP contribution in [0.15, 0.2) is 46.2 Å². The zero-order chi connectivity index (χ0) is 20.6. The van der Waals surface area contributed by atoms with Gasteiger partial charge in [-0.05, 0) is 37.6 Å². The molecule has 0 saturated carbocycles. The summed E-state index contributed by atoms with van der Waals surface area (Å²) < 4.78 is 14.5. The molecular weight excluding hydrogens is 408 g/mol. The van der Waals surface area contributed by atoms with Crippen LogP contribution in [-0.4, -0.2) is 25.2 Å². The number of rotatable bonds is 4. The molecule has 6 nitrogen and oxygen atoms in total. The normalized spacial score (nSPS) is 11.6. The van der Waals surface area contributed by atoms with Crippen LogP contribution >= 0.6 is 23.2 Å². The van der Waals surface area contributed by atoms with Gasteiger partial charge in [0.2, 0.25) is 0 Å². The van der Waals surface area contributed by atoms with Crippen molar-refractivity contribution in [2.24, 2.45) is 0 Å². The van der Waals surface area contributed by atoms with E-state index in [0.29, 0.717) is 5.56 Å². The van der Waals surface area contributed by atoms with Gasteiger partial charge >= 0.3 is 5.69 Å². The average molecular weight is 424 g/mol. The lowest BCUT2D eigenvalue weighted by atomic mass is 9.96. The number of hydrogen-bond acceptors (Lipinski definition) is 4. The van der Waals surface area contributed by atoms with Crippen LogP contribution in [0.25, 0.3) is 16.8 Å². The number of aromatic nitrogens is 3. The van der Waals surface area contributed by atoms with Crippen LogP contribution in [0, 0.1) is 5.82 Å². The monoisotopic (exact) mass is 423 g/mol. The fourth-order valence-corrected chi connectivity index (χ4v) is 3.20. The van der Waals surface area contributed by atoms with E-state index in [0.717, 1.165) is 10.6 Å². The summed E-state index contributed by atoms with van der Waals surface area (Å²) in [7, 11) is 0. The maximum absolute atomic E-state index is 13.6. The molecule has 146 valence electrons. The van der Waals surface area contributed by atoms with Crippen LogP contribution in [0.3, 0.4) is 0 Å². The summed E-state index contributed by atoms with van der Waals surface area (Å²) in [5.41, 5.74) is -1.84. The minimum absolute atomic E-state index is 0.0174. The molecule has 2 N–H and O–H groups in total. The number of halogens is 3. The van der Waals surface area contributed by atoms with Crippen LogP contribution in [0.4, 0.5) is 4.39 Å². The Morgan fingerprint density at radius 1 is 1.21 bits per heavy atom. The van der Waals surface area contributed by atoms with Crippen molar-refractivity contribution in [2.75, 3.05) is 0 Å². The van der Waals surface area contributed by atoms with Crippen molar-refractivity contribution in [1.29, 1.82) is 0 Å². The van der Waals surface area contributed by atoms with Gasteiger partial charge in [0, 0.05) is 18.3 Å². The van der Waals surface area contributed by atoms with Gasteiger partial charge in [-0.2, -0.15) is 0 Å². The van der Waals surface area contributed by atoms with Gasteiger partial charge in [-0.25, -0.2) is 13.8 Å². The third-order valence-corrected chi connectivity index (χ3v) is 4.44. The Balaban J connectivity index is 2.36. The Bertz CT molecular complexity index is 1170. The molecule has 0 aliphatic carbocycles. The molecular formula is C19H16Cl2FN3O3. The third-order valence-electron chi connectivity index (χ3n) is 3.95. The van der Waals surface area contributed by atoms with Crippen LogP contribution < -0.4 is 11.2 Å². The molecule has 0 atom stereocenters. The minimum atomic E-state index is -1.21. The molecule has 3 aromatic rings. The minimum Gasteiger partial charge on any atom is -0.390 e. The molecule has 1 aromatic carbocycles. The summed E-state index contributed by atoms with van der Waals surface area (Å²) in [6, 6.07) is 5.22. The number of nitrogens with one attached hydrogen (secondary N) is 1. The number of benzene rings is 1. The summed E-state index contributed by atoms with van der Waals surface area (Å²) in [6.07, 6.45) is 2.67. The molecule has 2 aromatic heterocycles. The summed E-state index contributed by atoms with van der Waals surface area (Å²) in [5.74, 6) is -0.641. The molecule has 0 bridgehead atoms. The third kappa shape index (κ3) is 4.16. The predicted molar refractivity (Wildman–Crippen MR) is 106 cm³/mol. The standard InChI is InChI=1S/C19H16Cl2FN3O3/c1-19(2,28)7-15-16(10-3-4-14(22)13(21)5-10)17(26)25(18(27)24-15)12-6-11(20)8-23-9-12/h3-6,8-9,28H,7H2,1-2H3,(H,24,27). The number of aromatic amines is 1. The molecule has 0 aliphatic heterocycles. The number of nitrogens with zero attached hydrogens (tertiary/aromatic N) is 2. The van der Waals surface area contributed by atoms with Gasteiger partial charge in [-0.15, -0.1) is 0 Å². The molecule has 0 radical (unpaired) electrons. The Labute approximate surface area is 169 Å². The Morgan fingerprint density at radius 3 is 2.54 bits per heavy atom. The van der Waals surface area contributed by atoms with Crippen molar-refractivity contribution in [1.82, 2.24) is 14.5 Å². The van der Waals surface area contributed by atoms with E-state index in [4.69, 9.17) is 23.2 Å². The summed E-state index contributed by atoms with van der Waals surface area (Å²) in [6.45, 7) is 3.08. The van der Waals surface area contributed by atoms with Crippen molar-refractivity contribution >= 4 is 23.2 Å². The highest BCUT2D eigenvalue weighted by Gasteiger charge is 2.23. The fourth-order valence-electron chi connectivity index (χ4n) is 2.85. The van der Waals surface area contributed by atoms with Gasteiger partial charge in [-0.1, -0.05) is 29.3 Å². The van der Waals surface area contributed by atoms with E-state index in [9.17, 15) is 19.1 Å². The topological polar surface area (TPSA) is 88.0 Å². The number of hydrogen-bond donors (Lipinski definition) is 2. The fraction of sp³-hybridized carbons (Fsp3) is 0.211. The molecule has 0 saturated heterocycles. The number of pyridine rings is 1. The van der Waals surface area contributed by atoms with E-state index in [2.05, 4.69) is 9.97 Å². The van der Waals surface area contributed by atoms with E-state index in [1.54, 1.807) is 13.8 Å². The largest absolute Gasteiger partial charge is 0.390 e. The van der Waals surface area contributed by atoms with Crippen molar-refractivity contribution in [3.05, 3.63) is 79.1 Å². The van der Waals surface area contributed by atoms with Gasteiger partial charge in [0.05, 0.1) is 33.1 Å². The van der Waals surface area contributed by atoms with Gasteiger partial charge in [-0.3, -0.25) is 9.78 Å². The van der Waals surface area contributed by atoms with Gasteiger partial charge in [0.15, 0.2) is 0 Å². The molecule has 3 rings (SSSR count). The van der Waals surface area contributed by atoms with Crippen molar-refractivity contribution in [3.8, 4) is 16.8 Å². The lowest BCUT2D eigenvalue weighted by Gasteiger charge is -2.20. The first-order chi connectivity index (χ1) is 13.1. The highest BCUT2D eigenvalue weighted by atomic mass is 35.5. The molecule has 0 fully saturated rings. The van der Waals surface area contributed by atoms with E-state index in [1.807, 2.05) is 0 Å². The highest BCUT2D eigenvalue weighted by molar-refractivity contribution is 6.31. The lowest BCUT2D eigenvalue weighted by Crippen LogP contribution is -2.38. The number of H-pyrrole nitrogens is 1. The highest BCUT2D eigenvalue weighted by Crippen LogP contribution is 2.26. The molecule has 0 aliphatic rings. The molecule has 28 heavy (non-hydrogen) atoms. The summed E-state index contributed by atoms with van der Waals surface area (Å²) in [4.78, 5) is 32.4. The first kappa shape index (κ1) is 20.3. The Hall–Kier alpha value is -2.48. The second-order valence-corrected chi connectivity index (χ2v) is 7.75. The number of aliphatic hydroxyl groups is 1. The molecule has 9 heteroatoms. The quantitative estimate of drug-likeness (QED) is 0.673. The van der Waals surface area contributed by atoms with Gasteiger partial charge in [0.25, 0.3) is 5.56 Å². The smallest absolute Gasteiger partial charge is 0.333 e. The summed E-state index contributed by atoms with van der Waals surface area (Å²) >= 11 is 11.8. The van der Waals surface area contributed by atoms with E-state index in [-0.39, 0.29) is 33.4 Å². The van der Waals surface area contributed by atoms with E-state index < -0.39 is 22.7 Å². The van der Waals surface area contributed by atoms with Crippen LogP contribution in [-0.2, 0) is 6.42 Å². The second kappa shape index (κ2) is 7.50.